The summed E-state index contributed by atoms with van der Waals surface area (Å²) in [6.45, 7) is 12.0. The molecule has 4 N–H and O–H groups in total. The molecule has 2 atom stereocenters. The van der Waals surface area contributed by atoms with Crippen molar-refractivity contribution in [2.24, 2.45) is 11.7 Å². The lowest BCUT2D eigenvalue weighted by Gasteiger charge is -2.37. The highest BCUT2D eigenvalue weighted by Crippen LogP contribution is 2.14. The van der Waals surface area contributed by atoms with Crippen molar-refractivity contribution in [3.8, 4) is 0 Å². The third kappa shape index (κ3) is 6.36. The fraction of sp³-hybridized carbons (Fsp3) is 1.00. The second kappa shape index (κ2) is 9.83. The Bertz CT molecular complexity index is 176. The fourth-order valence-corrected chi connectivity index (χ4v) is 2.29. The Hall–Kier alpha value is -0.160. The van der Waals surface area contributed by atoms with Crippen molar-refractivity contribution in [3.05, 3.63) is 0 Å². The van der Waals surface area contributed by atoms with E-state index in [9.17, 15) is 5.11 Å². The summed E-state index contributed by atoms with van der Waals surface area (Å²) in [5, 5.41) is 13.3. The number of rotatable bonds is 10. The van der Waals surface area contributed by atoms with Crippen LogP contribution in [0.25, 0.3) is 0 Å². The molecular formula is C13H31N3O. The quantitative estimate of drug-likeness (QED) is 0.397. The molecule has 0 aromatic carbocycles. The number of hydrogen-bond acceptors (Lipinski definition) is 4. The first-order chi connectivity index (χ1) is 8.08. The molecule has 0 fully saturated rings. The van der Waals surface area contributed by atoms with Gasteiger partial charge < -0.3 is 10.8 Å². The lowest BCUT2D eigenvalue weighted by atomic mass is 10.00. The zero-order chi connectivity index (χ0) is 13.3. The summed E-state index contributed by atoms with van der Waals surface area (Å²) < 4.78 is 0. The molecule has 0 aliphatic heterocycles. The van der Waals surface area contributed by atoms with Crippen LogP contribution in [0.1, 0.15) is 40.5 Å². The van der Waals surface area contributed by atoms with E-state index in [0.29, 0.717) is 5.92 Å². The molecule has 0 aromatic rings. The second-order valence-corrected chi connectivity index (χ2v) is 4.86. The molecule has 0 amide bonds. The van der Waals surface area contributed by atoms with E-state index in [-0.39, 0.29) is 6.04 Å². The summed E-state index contributed by atoms with van der Waals surface area (Å²) >= 11 is 0. The number of aliphatic hydroxyl groups is 1. The van der Waals surface area contributed by atoms with Crippen LogP contribution in [0.5, 0.6) is 0 Å². The summed E-state index contributed by atoms with van der Waals surface area (Å²) in [5.41, 5.74) is 5.52. The molecule has 0 bridgehead atoms. The lowest BCUT2D eigenvalue weighted by Crippen LogP contribution is -2.53. The lowest BCUT2D eigenvalue weighted by molar-refractivity contribution is 0.00613. The van der Waals surface area contributed by atoms with E-state index in [4.69, 9.17) is 5.73 Å². The molecule has 0 radical (unpaired) electrons. The Balaban J connectivity index is 4.40. The predicted octanol–water partition coefficient (Wildman–Crippen LogP) is 1.000. The summed E-state index contributed by atoms with van der Waals surface area (Å²) in [6.07, 6.45) is 1.71. The number of likely N-dealkylation sites (N-methyl/N-ethyl adjacent to an activating group) is 2. The monoisotopic (exact) mass is 245 g/mol. The molecule has 0 rings (SSSR count). The van der Waals surface area contributed by atoms with E-state index < -0.39 is 6.23 Å². The topological polar surface area (TPSA) is 61.5 Å². The number of nitrogens with one attached hydrogen (secondary N) is 1. The first kappa shape index (κ1) is 16.8. The van der Waals surface area contributed by atoms with Crippen molar-refractivity contribution in [1.29, 1.82) is 0 Å². The Morgan fingerprint density at radius 2 is 1.88 bits per heavy atom. The minimum atomic E-state index is -0.446. The molecule has 0 spiro atoms. The normalized spacial score (nSPS) is 15.5. The van der Waals surface area contributed by atoms with E-state index in [2.05, 4.69) is 31.0 Å². The maximum absolute atomic E-state index is 10.2. The van der Waals surface area contributed by atoms with Crippen molar-refractivity contribution in [2.45, 2.75) is 52.8 Å². The van der Waals surface area contributed by atoms with Crippen molar-refractivity contribution in [1.82, 2.24) is 10.2 Å². The summed E-state index contributed by atoms with van der Waals surface area (Å²) in [5.74, 6) is 0.432. The van der Waals surface area contributed by atoms with Gasteiger partial charge in [0.25, 0.3) is 0 Å². The van der Waals surface area contributed by atoms with Crippen LogP contribution in [0.4, 0.5) is 0 Å². The Kier molecular flexibility index (Phi) is 9.74. The van der Waals surface area contributed by atoms with E-state index in [1.807, 2.05) is 6.92 Å². The maximum Gasteiger partial charge on any atom is 0.120 e. The van der Waals surface area contributed by atoms with Gasteiger partial charge in [-0.15, -0.1) is 0 Å². The van der Waals surface area contributed by atoms with Gasteiger partial charge >= 0.3 is 0 Å². The first-order valence-corrected chi connectivity index (χ1v) is 6.93. The average Bonchev–Trinajstić information content (AvgIpc) is 2.27. The second-order valence-electron chi connectivity index (χ2n) is 4.86. The van der Waals surface area contributed by atoms with Crippen molar-refractivity contribution in [3.63, 3.8) is 0 Å². The third-order valence-electron chi connectivity index (χ3n) is 3.15. The van der Waals surface area contributed by atoms with Gasteiger partial charge in [-0.3, -0.25) is 10.2 Å². The van der Waals surface area contributed by atoms with Gasteiger partial charge in [0.2, 0.25) is 0 Å². The summed E-state index contributed by atoms with van der Waals surface area (Å²) in [6, 6.07) is 0.178. The number of nitrogens with zero attached hydrogens (tertiary/aromatic N) is 1. The number of unbranched alkanes of at least 4 members (excludes halogenated alkanes) is 1. The van der Waals surface area contributed by atoms with Crippen LogP contribution >= 0.6 is 0 Å². The summed E-state index contributed by atoms with van der Waals surface area (Å²) in [7, 11) is 0. The molecule has 104 valence electrons. The van der Waals surface area contributed by atoms with Crippen LogP contribution in [-0.4, -0.2) is 48.5 Å². The number of aliphatic hydroxyl groups excluding tert-OH is 1. The predicted molar refractivity (Wildman–Crippen MR) is 73.8 cm³/mol. The van der Waals surface area contributed by atoms with Crippen molar-refractivity contribution < 1.29 is 5.11 Å². The molecule has 0 saturated carbocycles. The highest BCUT2D eigenvalue weighted by molar-refractivity contribution is 4.80. The first-order valence-electron chi connectivity index (χ1n) is 6.93. The molecule has 0 aliphatic rings. The number of hydrogen-bond donors (Lipinski definition) is 3. The molecule has 2 unspecified atom stereocenters. The van der Waals surface area contributed by atoms with E-state index in [0.717, 1.165) is 39.0 Å². The van der Waals surface area contributed by atoms with Crippen LogP contribution in [0.15, 0.2) is 0 Å². The van der Waals surface area contributed by atoms with Gasteiger partial charge in [0, 0.05) is 0 Å². The molecular weight excluding hydrogens is 214 g/mol. The number of nitrogens with two attached hydrogens (primary N) is 1. The highest BCUT2D eigenvalue weighted by Gasteiger charge is 2.27. The average molecular weight is 245 g/mol. The van der Waals surface area contributed by atoms with Gasteiger partial charge in [0.05, 0.1) is 6.04 Å². The van der Waals surface area contributed by atoms with Gasteiger partial charge in [-0.25, -0.2) is 0 Å². The summed E-state index contributed by atoms with van der Waals surface area (Å²) in [4.78, 5) is 2.35. The minimum Gasteiger partial charge on any atom is -0.377 e. The molecule has 17 heavy (non-hydrogen) atoms. The minimum absolute atomic E-state index is 0.178. The molecule has 4 heteroatoms. The highest BCUT2D eigenvalue weighted by atomic mass is 16.3. The molecule has 0 heterocycles. The standard InChI is InChI=1S/C13H31N3O/c1-5-15-13(17)12(11(3)4)16(6-2)10-8-7-9-14/h11-13,15,17H,5-10,14H2,1-4H3. The van der Waals surface area contributed by atoms with Crippen molar-refractivity contribution in [2.75, 3.05) is 26.2 Å². The third-order valence-corrected chi connectivity index (χ3v) is 3.15. The van der Waals surface area contributed by atoms with Crippen LogP contribution in [-0.2, 0) is 0 Å². The zero-order valence-corrected chi connectivity index (χ0v) is 11.9. The van der Waals surface area contributed by atoms with Gasteiger partial charge in [0.1, 0.15) is 6.23 Å². The Labute approximate surface area is 107 Å². The molecule has 4 nitrogen and oxygen atoms in total. The SMILES string of the molecule is CCNC(O)C(C(C)C)N(CC)CCCCN. The van der Waals surface area contributed by atoms with Crippen LogP contribution in [0.2, 0.25) is 0 Å². The Morgan fingerprint density at radius 3 is 2.29 bits per heavy atom. The molecule has 0 aliphatic carbocycles. The molecule has 0 aromatic heterocycles. The van der Waals surface area contributed by atoms with Gasteiger partial charge in [-0.2, -0.15) is 0 Å². The van der Waals surface area contributed by atoms with Crippen LogP contribution in [0, 0.1) is 5.92 Å². The van der Waals surface area contributed by atoms with Gasteiger partial charge in [-0.05, 0) is 44.9 Å². The van der Waals surface area contributed by atoms with E-state index >= 15 is 0 Å². The van der Waals surface area contributed by atoms with Crippen LogP contribution < -0.4 is 11.1 Å². The maximum atomic E-state index is 10.2. The smallest absolute Gasteiger partial charge is 0.120 e. The fourth-order valence-electron chi connectivity index (χ4n) is 2.29. The van der Waals surface area contributed by atoms with E-state index in [1.54, 1.807) is 0 Å². The van der Waals surface area contributed by atoms with Crippen molar-refractivity contribution >= 4 is 0 Å². The van der Waals surface area contributed by atoms with Crippen LogP contribution in [0.3, 0.4) is 0 Å². The Morgan fingerprint density at radius 1 is 1.24 bits per heavy atom. The van der Waals surface area contributed by atoms with Gasteiger partial charge in [0.15, 0.2) is 0 Å². The van der Waals surface area contributed by atoms with Gasteiger partial charge in [-0.1, -0.05) is 27.7 Å². The largest absolute Gasteiger partial charge is 0.377 e. The molecule has 0 saturated heterocycles. The zero-order valence-electron chi connectivity index (χ0n) is 11.9. The van der Waals surface area contributed by atoms with E-state index in [1.165, 1.54) is 0 Å².